The molecule has 0 saturated carbocycles. The smallest absolute Gasteiger partial charge is 0.263 e. The highest BCUT2D eigenvalue weighted by Crippen LogP contribution is 2.26. The molecule has 27 heavy (non-hydrogen) atoms. The minimum Gasteiger partial charge on any atom is -0.475 e. The van der Waals surface area contributed by atoms with E-state index < -0.39 is 10.0 Å². The lowest BCUT2D eigenvalue weighted by molar-refractivity contribution is 0.249. The molecule has 3 aromatic rings. The molecule has 1 heterocycles. The third-order valence-corrected chi connectivity index (χ3v) is 5.61. The maximum Gasteiger partial charge on any atom is 0.263 e. The van der Waals surface area contributed by atoms with Gasteiger partial charge in [-0.3, -0.25) is 4.72 Å². The van der Waals surface area contributed by atoms with E-state index in [1.807, 2.05) is 31.2 Å². The number of aryl methyl sites for hydroxylation is 1. The van der Waals surface area contributed by atoms with Gasteiger partial charge in [0.15, 0.2) is 0 Å². The first-order valence-corrected chi connectivity index (χ1v) is 10.4. The summed E-state index contributed by atoms with van der Waals surface area (Å²) in [4.78, 5) is 9.07. The van der Waals surface area contributed by atoms with Gasteiger partial charge >= 0.3 is 0 Å². The molecule has 0 saturated heterocycles. The molecule has 0 aliphatic carbocycles. The number of rotatable bonds is 7. The van der Waals surface area contributed by atoms with Crippen LogP contribution in [0.5, 0.6) is 5.88 Å². The normalized spacial score (nSPS) is 12.7. The molecule has 2 aromatic carbocycles. The molecule has 0 unspecified atom stereocenters. The van der Waals surface area contributed by atoms with Gasteiger partial charge in [-0.05, 0) is 42.7 Å². The maximum absolute atomic E-state index is 12.8. The summed E-state index contributed by atoms with van der Waals surface area (Å²) < 4.78 is 33.9. The molecule has 0 amide bonds. The number of nitrogens with one attached hydrogen (secondary N) is 1. The standard InChI is InChI=1S/C20H23N3O3S/c1-4-14(2)13-26-20-19(21-17-10-5-6-11-18(17)22-20)23-27(24,25)16-9-7-8-15(3)12-16/h5-12,14H,4,13H2,1-3H3,(H,21,23)/t14-/m1/s1. The molecule has 1 aromatic heterocycles. The summed E-state index contributed by atoms with van der Waals surface area (Å²) >= 11 is 0. The first-order valence-electron chi connectivity index (χ1n) is 8.88. The average Bonchev–Trinajstić information content (AvgIpc) is 2.65. The van der Waals surface area contributed by atoms with Crippen LogP contribution >= 0.6 is 0 Å². The van der Waals surface area contributed by atoms with Crippen molar-refractivity contribution in [3.05, 3.63) is 54.1 Å². The molecule has 3 rings (SSSR count). The summed E-state index contributed by atoms with van der Waals surface area (Å²) in [6.07, 6.45) is 0.950. The number of nitrogens with zero attached hydrogens (tertiary/aromatic N) is 2. The highest BCUT2D eigenvalue weighted by Gasteiger charge is 2.20. The summed E-state index contributed by atoms with van der Waals surface area (Å²) in [6.45, 7) is 6.41. The van der Waals surface area contributed by atoms with E-state index >= 15 is 0 Å². The summed E-state index contributed by atoms with van der Waals surface area (Å²) in [5.74, 6) is 0.600. The lowest BCUT2D eigenvalue weighted by Gasteiger charge is -2.15. The van der Waals surface area contributed by atoms with Gasteiger partial charge in [0, 0.05) is 0 Å². The molecule has 1 N–H and O–H groups in total. The van der Waals surface area contributed by atoms with Crippen molar-refractivity contribution < 1.29 is 13.2 Å². The lowest BCUT2D eigenvalue weighted by Crippen LogP contribution is -2.17. The van der Waals surface area contributed by atoms with Crippen molar-refractivity contribution in [2.45, 2.75) is 32.1 Å². The van der Waals surface area contributed by atoms with Crippen molar-refractivity contribution in [1.82, 2.24) is 9.97 Å². The van der Waals surface area contributed by atoms with E-state index in [4.69, 9.17) is 4.74 Å². The Hall–Kier alpha value is -2.67. The summed E-state index contributed by atoms with van der Waals surface area (Å²) in [5, 5.41) is 0. The Labute approximate surface area is 159 Å². The number of fused-ring (bicyclic) bond motifs is 1. The highest BCUT2D eigenvalue weighted by atomic mass is 32.2. The number of aromatic nitrogens is 2. The summed E-state index contributed by atoms with van der Waals surface area (Å²) in [5.41, 5.74) is 2.10. The Morgan fingerprint density at radius 3 is 2.44 bits per heavy atom. The fourth-order valence-corrected chi connectivity index (χ4v) is 3.56. The number of ether oxygens (including phenoxy) is 1. The molecule has 6 nitrogen and oxygen atoms in total. The van der Waals surface area contributed by atoms with Crippen LogP contribution in [0.25, 0.3) is 11.0 Å². The Kier molecular flexibility index (Phi) is 5.60. The summed E-state index contributed by atoms with van der Waals surface area (Å²) in [6, 6.07) is 14.0. The van der Waals surface area contributed by atoms with Crippen molar-refractivity contribution >= 4 is 26.9 Å². The highest BCUT2D eigenvalue weighted by molar-refractivity contribution is 7.92. The topological polar surface area (TPSA) is 81.2 Å². The Morgan fingerprint density at radius 1 is 1.07 bits per heavy atom. The Balaban J connectivity index is 2.00. The third-order valence-electron chi connectivity index (χ3n) is 4.27. The van der Waals surface area contributed by atoms with Crippen LogP contribution in [0.4, 0.5) is 5.82 Å². The molecule has 0 spiro atoms. The van der Waals surface area contributed by atoms with Crippen molar-refractivity contribution in [2.75, 3.05) is 11.3 Å². The monoisotopic (exact) mass is 385 g/mol. The zero-order valence-electron chi connectivity index (χ0n) is 15.6. The van der Waals surface area contributed by atoms with Gasteiger partial charge in [-0.15, -0.1) is 0 Å². The lowest BCUT2D eigenvalue weighted by atomic mass is 10.1. The van der Waals surface area contributed by atoms with E-state index in [1.165, 1.54) is 0 Å². The van der Waals surface area contributed by atoms with Crippen LogP contribution in [0.2, 0.25) is 0 Å². The number of sulfonamides is 1. The van der Waals surface area contributed by atoms with E-state index in [-0.39, 0.29) is 16.6 Å². The molecule has 7 heteroatoms. The fourth-order valence-electron chi connectivity index (χ4n) is 2.46. The Bertz CT molecular complexity index is 1050. The van der Waals surface area contributed by atoms with Gasteiger partial charge in [0.05, 0.1) is 22.5 Å². The van der Waals surface area contributed by atoms with E-state index in [9.17, 15) is 8.42 Å². The minimum absolute atomic E-state index is 0.0958. The van der Waals surface area contributed by atoms with Crippen LogP contribution in [-0.4, -0.2) is 25.0 Å². The molecule has 0 fully saturated rings. The Morgan fingerprint density at radius 2 is 1.78 bits per heavy atom. The van der Waals surface area contributed by atoms with Gasteiger partial charge in [-0.1, -0.05) is 44.5 Å². The van der Waals surface area contributed by atoms with Crippen LogP contribution in [0, 0.1) is 12.8 Å². The van der Waals surface area contributed by atoms with Crippen molar-refractivity contribution in [3.63, 3.8) is 0 Å². The van der Waals surface area contributed by atoms with Crippen molar-refractivity contribution in [1.29, 1.82) is 0 Å². The van der Waals surface area contributed by atoms with Crippen LogP contribution in [0.15, 0.2) is 53.4 Å². The predicted molar refractivity (Wildman–Crippen MR) is 106 cm³/mol. The van der Waals surface area contributed by atoms with Crippen molar-refractivity contribution in [3.8, 4) is 5.88 Å². The van der Waals surface area contributed by atoms with Crippen LogP contribution in [0.1, 0.15) is 25.8 Å². The largest absolute Gasteiger partial charge is 0.475 e. The number of hydrogen-bond donors (Lipinski definition) is 1. The fraction of sp³-hybridized carbons (Fsp3) is 0.300. The predicted octanol–water partition coefficient (Wildman–Crippen LogP) is 4.16. The van der Waals surface area contributed by atoms with Crippen LogP contribution < -0.4 is 9.46 Å². The minimum atomic E-state index is -3.80. The number of anilines is 1. The van der Waals surface area contributed by atoms with Crippen molar-refractivity contribution in [2.24, 2.45) is 5.92 Å². The quantitative estimate of drug-likeness (QED) is 0.660. The first-order chi connectivity index (χ1) is 12.9. The first kappa shape index (κ1) is 19.1. The second-order valence-corrected chi connectivity index (χ2v) is 8.29. The van der Waals surface area contributed by atoms with Gasteiger partial charge in [0.2, 0.25) is 5.82 Å². The average molecular weight is 385 g/mol. The number of benzene rings is 2. The van der Waals surface area contributed by atoms with E-state index in [2.05, 4.69) is 28.5 Å². The van der Waals surface area contributed by atoms with E-state index in [1.54, 1.807) is 24.3 Å². The molecule has 142 valence electrons. The van der Waals surface area contributed by atoms with Gasteiger partial charge < -0.3 is 4.74 Å². The zero-order valence-corrected chi connectivity index (χ0v) is 16.5. The second kappa shape index (κ2) is 7.92. The van der Waals surface area contributed by atoms with Gasteiger partial charge in [-0.2, -0.15) is 0 Å². The third kappa shape index (κ3) is 4.54. The molecule has 1 atom stereocenters. The molecule has 0 aliphatic rings. The molecule has 0 aliphatic heterocycles. The number of hydrogen-bond acceptors (Lipinski definition) is 5. The SMILES string of the molecule is CC[C@@H](C)COc1nc2ccccc2nc1NS(=O)(=O)c1cccc(C)c1. The van der Waals surface area contributed by atoms with Gasteiger partial charge in [0.1, 0.15) is 0 Å². The van der Waals surface area contributed by atoms with Crippen LogP contribution in [-0.2, 0) is 10.0 Å². The zero-order chi connectivity index (χ0) is 19.4. The molecular weight excluding hydrogens is 362 g/mol. The maximum atomic E-state index is 12.8. The van der Waals surface area contributed by atoms with E-state index in [0.29, 0.717) is 23.6 Å². The number of para-hydroxylation sites is 2. The van der Waals surface area contributed by atoms with Gasteiger partial charge in [0.25, 0.3) is 15.9 Å². The van der Waals surface area contributed by atoms with E-state index in [0.717, 1.165) is 12.0 Å². The second-order valence-electron chi connectivity index (χ2n) is 6.61. The molecule has 0 bridgehead atoms. The molecule has 0 radical (unpaired) electrons. The van der Waals surface area contributed by atoms with Gasteiger partial charge in [-0.25, -0.2) is 18.4 Å². The summed E-state index contributed by atoms with van der Waals surface area (Å²) in [7, 11) is -3.80. The molecular formula is C20H23N3O3S. The van der Waals surface area contributed by atoms with Crippen LogP contribution in [0.3, 0.4) is 0 Å².